The number of carbonyl (C=O) groups excluding carboxylic acids is 1. The fourth-order valence-electron chi connectivity index (χ4n) is 2.61. The Labute approximate surface area is 176 Å². The molecule has 1 aromatic heterocycles. The van der Waals surface area contributed by atoms with E-state index in [2.05, 4.69) is 15.5 Å². The molecule has 0 radical (unpaired) electrons. The first-order valence-corrected chi connectivity index (χ1v) is 12.2. The van der Waals surface area contributed by atoms with E-state index in [0.29, 0.717) is 9.90 Å². The minimum absolute atomic E-state index is 0.0863. The number of non-ortho nitro benzene ring substituents is 1. The number of anilines is 2. The number of aromatic nitrogens is 2. The van der Waals surface area contributed by atoms with Crippen LogP contribution in [0.2, 0.25) is 0 Å². The van der Waals surface area contributed by atoms with E-state index in [1.54, 1.807) is 13.8 Å². The maximum absolute atomic E-state index is 12.9. The van der Waals surface area contributed by atoms with Crippen LogP contribution < -0.4 is 9.62 Å². The van der Waals surface area contributed by atoms with Crippen molar-refractivity contribution in [3.63, 3.8) is 0 Å². The third-order valence-corrected chi connectivity index (χ3v) is 6.90. The fraction of sp³-hybridized carbons (Fsp3) is 0.438. The van der Waals surface area contributed by atoms with E-state index in [1.807, 2.05) is 6.92 Å². The van der Waals surface area contributed by atoms with Crippen molar-refractivity contribution < 1.29 is 18.1 Å². The summed E-state index contributed by atoms with van der Waals surface area (Å²) in [6.07, 6.45) is 1.11. The number of hydrogen-bond acceptors (Lipinski definition) is 9. The number of carbonyl (C=O) groups is 1. The Morgan fingerprint density at radius 3 is 2.62 bits per heavy atom. The van der Waals surface area contributed by atoms with Gasteiger partial charge in [-0.15, -0.1) is 10.2 Å². The lowest BCUT2D eigenvalue weighted by atomic mass is 10.1. The Kier molecular flexibility index (Phi) is 7.54. The van der Waals surface area contributed by atoms with Crippen LogP contribution in [0.5, 0.6) is 0 Å². The zero-order valence-electron chi connectivity index (χ0n) is 16.3. The second-order valence-corrected chi connectivity index (χ2v) is 10.4. The van der Waals surface area contributed by atoms with Crippen LogP contribution in [0.1, 0.15) is 25.8 Å². The summed E-state index contributed by atoms with van der Waals surface area (Å²) >= 11 is 2.66. The van der Waals surface area contributed by atoms with Gasteiger partial charge in [0.05, 0.1) is 16.9 Å². The van der Waals surface area contributed by atoms with E-state index in [-0.39, 0.29) is 22.9 Å². The van der Waals surface area contributed by atoms with Crippen LogP contribution in [0.3, 0.4) is 0 Å². The number of benzene rings is 1. The fourth-order valence-corrected chi connectivity index (χ4v) is 5.53. The SMILES string of the molecule is CCSc1nnc(NC(=O)[C@H](CC)N(c2cc([N+](=O)[O-])ccc2C)S(C)(=O)=O)s1. The smallest absolute Gasteiger partial charge is 0.271 e. The zero-order chi connectivity index (χ0) is 21.8. The summed E-state index contributed by atoms with van der Waals surface area (Å²) < 4.78 is 26.7. The van der Waals surface area contributed by atoms with Crippen LogP contribution in [-0.4, -0.2) is 47.5 Å². The van der Waals surface area contributed by atoms with Gasteiger partial charge in [-0.3, -0.25) is 24.5 Å². The van der Waals surface area contributed by atoms with Crippen LogP contribution >= 0.6 is 23.1 Å². The van der Waals surface area contributed by atoms with Crippen LogP contribution in [0.15, 0.2) is 22.5 Å². The van der Waals surface area contributed by atoms with Gasteiger partial charge >= 0.3 is 0 Å². The van der Waals surface area contributed by atoms with Gasteiger partial charge in [0.15, 0.2) is 4.34 Å². The second-order valence-electron chi connectivity index (χ2n) is 6.01. The largest absolute Gasteiger partial charge is 0.299 e. The van der Waals surface area contributed by atoms with E-state index in [4.69, 9.17) is 0 Å². The minimum atomic E-state index is -3.92. The van der Waals surface area contributed by atoms with Gasteiger partial charge in [0.2, 0.25) is 21.1 Å². The highest BCUT2D eigenvalue weighted by molar-refractivity contribution is 8.01. The van der Waals surface area contributed by atoms with Gasteiger partial charge in [0.25, 0.3) is 5.69 Å². The number of nitrogens with one attached hydrogen (secondary N) is 1. The number of thioether (sulfide) groups is 1. The Morgan fingerprint density at radius 1 is 1.38 bits per heavy atom. The molecule has 1 atom stereocenters. The zero-order valence-corrected chi connectivity index (χ0v) is 18.7. The average Bonchev–Trinajstić information content (AvgIpc) is 3.06. The van der Waals surface area contributed by atoms with E-state index >= 15 is 0 Å². The van der Waals surface area contributed by atoms with Crippen molar-refractivity contribution in [2.24, 2.45) is 0 Å². The highest BCUT2D eigenvalue weighted by Crippen LogP contribution is 2.31. The lowest BCUT2D eigenvalue weighted by molar-refractivity contribution is -0.384. The molecule has 13 heteroatoms. The topological polar surface area (TPSA) is 135 Å². The summed E-state index contributed by atoms with van der Waals surface area (Å²) in [6, 6.07) is 2.79. The molecule has 0 saturated heterocycles. The lowest BCUT2D eigenvalue weighted by Crippen LogP contribution is -2.47. The van der Waals surface area contributed by atoms with Gasteiger partial charge in [-0.05, 0) is 24.7 Å². The number of amides is 1. The van der Waals surface area contributed by atoms with Crippen molar-refractivity contribution >= 4 is 55.5 Å². The molecule has 0 saturated carbocycles. The summed E-state index contributed by atoms with van der Waals surface area (Å²) in [5, 5.41) is 21.9. The maximum Gasteiger partial charge on any atom is 0.271 e. The highest BCUT2D eigenvalue weighted by Gasteiger charge is 2.33. The summed E-state index contributed by atoms with van der Waals surface area (Å²) in [4.78, 5) is 23.4. The van der Waals surface area contributed by atoms with E-state index < -0.39 is 26.9 Å². The molecule has 1 aromatic carbocycles. The van der Waals surface area contributed by atoms with Gasteiger partial charge in [-0.1, -0.05) is 43.0 Å². The minimum Gasteiger partial charge on any atom is -0.299 e. The summed E-state index contributed by atoms with van der Waals surface area (Å²) in [5.41, 5.74) is 0.313. The summed E-state index contributed by atoms with van der Waals surface area (Å²) in [7, 11) is -3.92. The first-order valence-electron chi connectivity index (χ1n) is 8.60. The third kappa shape index (κ3) is 5.64. The molecule has 1 N–H and O–H groups in total. The Morgan fingerprint density at radius 2 is 2.07 bits per heavy atom. The molecule has 0 aliphatic carbocycles. The Bertz CT molecular complexity index is 1010. The van der Waals surface area contributed by atoms with Crippen molar-refractivity contribution in [2.45, 2.75) is 37.6 Å². The molecule has 1 amide bonds. The molecule has 10 nitrogen and oxygen atoms in total. The average molecular weight is 460 g/mol. The van der Waals surface area contributed by atoms with Crippen molar-refractivity contribution in [1.82, 2.24) is 10.2 Å². The first kappa shape index (κ1) is 23.0. The molecule has 0 fully saturated rings. The van der Waals surface area contributed by atoms with Gasteiger partial charge in [-0.2, -0.15) is 0 Å². The summed E-state index contributed by atoms with van der Waals surface area (Å²) in [6.45, 7) is 5.25. The number of nitrogens with zero attached hydrogens (tertiary/aromatic N) is 4. The van der Waals surface area contributed by atoms with Crippen LogP contribution in [-0.2, 0) is 14.8 Å². The highest BCUT2D eigenvalue weighted by atomic mass is 32.2. The monoisotopic (exact) mass is 459 g/mol. The maximum atomic E-state index is 12.9. The van der Waals surface area contributed by atoms with Crippen molar-refractivity contribution in [3.05, 3.63) is 33.9 Å². The molecule has 29 heavy (non-hydrogen) atoms. The van der Waals surface area contributed by atoms with E-state index in [1.165, 1.54) is 35.2 Å². The molecular formula is C16H21N5O5S3. The molecule has 2 rings (SSSR count). The number of nitro benzene ring substituents is 1. The van der Waals surface area contributed by atoms with Crippen molar-refractivity contribution in [2.75, 3.05) is 21.6 Å². The van der Waals surface area contributed by atoms with Crippen LogP contribution in [0, 0.1) is 17.0 Å². The first-order chi connectivity index (χ1) is 13.6. The van der Waals surface area contributed by atoms with E-state index in [9.17, 15) is 23.3 Å². The van der Waals surface area contributed by atoms with Crippen molar-refractivity contribution in [1.29, 1.82) is 0 Å². The van der Waals surface area contributed by atoms with Crippen LogP contribution in [0.4, 0.5) is 16.5 Å². The molecule has 0 aliphatic heterocycles. The number of hydrogen-bond donors (Lipinski definition) is 1. The Balaban J connectivity index is 2.43. The Hall–Kier alpha value is -2.25. The standard InChI is InChI=1S/C16H21N5O5S3/c1-5-12(14(22)17-15-18-19-16(28-15)27-6-2)20(29(4,25)26)13-9-11(21(23)24)8-7-10(13)3/h7-9,12H,5-6H2,1-4H3,(H,17,18,22)/t12-/m0/s1. The number of sulfonamides is 1. The number of nitro groups is 1. The normalized spacial score (nSPS) is 12.4. The van der Waals surface area contributed by atoms with Gasteiger partial charge < -0.3 is 0 Å². The van der Waals surface area contributed by atoms with Gasteiger partial charge in [-0.25, -0.2) is 8.42 Å². The lowest BCUT2D eigenvalue weighted by Gasteiger charge is -2.30. The van der Waals surface area contributed by atoms with Gasteiger partial charge in [0, 0.05) is 12.1 Å². The molecule has 0 bridgehead atoms. The van der Waals surface area contributed by atoms with Crippen molar-refractivity contribution in [3.8, 4) is 0 Å². The molecule has 0 aliphatic rings. The number of rotatable bonds is 9. The second kappa shape index (κ2) is 9.50. The molecule has 0 unspecified atom stereocenters. The predicted molar refractivity (Wildman–Crippen MR) is 114 cm³/mol. The molecule has 2 aromatic rings. The van der Waals surface area contributed by atoms with Crippen LogP contribution in [0.25, 0.3) is 0 Å². The molecule has 158 valence electrons. The quantitative estimate of drug-likeness (QED) is 0.262. The molecular weight excluding hydrogens is 438 g/mol. The third-order valence-electron chi connectivity index (χ3n) is 3.88. The molecule has 1 heterocycles. The predicted octanol–water partition coefficient (Wildman–Crippen LogP) is 3.05. The van der Waals surface area contributed by atoms with Gasteiger partial charge in [0.1, 0.15) is 6.04 Å². The van der Waals surface area contributed by atoms with E-state index in [0.717, 1.165) is 22.4 Å². The molecule has 0 spiro atoms. The number of aryl methyl sites for hydroxylation is 1. The summed E-state index contributed by atoms with van der Waals surface area (Å²) in [5.74, 6) is 0.210.